The van der Waals surface area contributed by atoms with Crippen molar-refractivity contribution in [1.29, 1.82) is 0 Å². The van der Waals surface area contributed by atoms with Crippen molar-refractivity contribution in [2.75, 3.05) is 19.1 Å². The number of methoxy groups -OCH3 is 2. The zero-order chi connectivity index (χ0) is 34.1. The van der Waals surface area contributed by atoms with Crippen molar-refractivity contribution < 1.29 is 23.9 Å². The molecule has 0 aromatic heterocycles. The Balaban J connectivity index is 1.54. The topological polar surface area (TPSA) is 72.9 Å². The third-order valence-electron chi connectivity index (χ3n) is 10.8. The zero-order valence-electron chi connectivity index (χ0n) is 27.8. The Morgan fingerprint density at radius 1 is 0.551 bits per heavy atom. The molecule has 5 aromatic rings. The average Bonchev–Trinajstić information content (AvgIpc) is 3.64. The number of rotatable bonds is 7. The molecule has 4 atom stereocenters. The van der Waals surface area contributed by atoms with Gasteiger partial charge in [-0.1, -0.05) is 103 Å². The number of carbonyl (C=O) groups is 3. The number of aryl methyl sites for hydroxylation is 2. The molecule has 3 aliphatic rings. The maximum atomic E-state index is 16.1. The SMILES string of the molecule is COc1ccc(C2=C(c3ccc(OC)cc3)[C@]3(c4ccccc4)C(=O)[C@@]2(c2ccccc2)[C@@H]2C(=O)N(c4ccc(C)cc4C)C(=O)[C@@H]23)cc1. The van der Waals surface area contributed by atoms with Gasteiger partial charge in [0.1, 0.15) is 11.5 Å². The minimum Gasteiger partial charge on any atom is -0.497 e. The molecule has 1 saturated carbocycles. The van der Waals surface area contributed by atoms with Crippen LogP contribution >= 0.6 is 0 Å². The van der Waals surface area contributed by atoms with Crippen LogP contribution in [0.5, 0.6) is 11.5 Å². The molecule has 0 spiro atoms. The van der Waals surface area contributed by atoms with Crippen LogP contribution in [0.2, 0.25) is 0 Å². The molecule has 2 aliphatic carbocycles. The fourth-order valence-electron chi connectivity index (χ4n) is 8.93. The van der Waals surface area contributed by atoms with Crippen LogP contribution in [0.15, 0.2) is 127 Å². The largest absolute Gasteiger partial charge is 0.497 e. The fraction of sp³-hybridized carbons (Fsp3) is 0.186. The number of benzene rings is 5. The molecular weight excluding hydrogens is 610 g/mol. The molecule has 0 N–H and O–H groups in total. The first kappa shape index (κ1) is 30.6. The molecule has 6 heteroatoms. The Hall–Kier alpha value is -5.75. The molecule has 2 bridgehead atoms. The molecule has 6 nitrogen and oxygen atoms in total. The van der Waals surface area contributed by atoms with E-state index in [9.17, 15) is 0 Å². The number of ketones is 1. The van der Waals surface area contributed by atoms with Gasteiger partial charge in [0, 0.05) is 0 Å². The highest BCUT2D eigenvalue weighted by atomic mass is 16.5. The van der Waals surface area contributed by atoms with Gasteiger partial charge < -0.3 is 9.47 Å². The van der Waals surface area contributed by atoms with Gasteiger partial charge >= 0.3 is 0 Å². The number of allylic oxidation sites excluding steroid dienone is 2. The van der Waals surface area contributed by atoms with E-state index in [4.69, 9.17) is 9.47 Å². The molecule has 0 unspecified atom stereocenters. The molecule has 8 rings (SSSR count). The van der Waals surface area contributed by atoms with Gasteiger partial charge in [-0.3, -0.25) is 14.4 Å². The van der Waals surface area contributed by atoms with Crippen LogP contribution in [0.1, 0.15) is 33.4 Å². The highest BCUT2D eigenvalue weighted by molar-refractivity contribution is 6.39. The summed E-state index contributed by atoms with van der Waals surface area (Å²) in [6.45, 7) is 3.90. The Kier molecular flexibility index (Phi) is 6.97. The number of Topliss-reactive ketones (excluding diaryl/α,β-unsaturated/α-hetero) is 1. The number of imide groups is 1. The molecule has 49 heavy (non-hydrogen) atoms. The number of ether oxygens (including phenoxy) is 2. The van der Waals surface area contributed by atoms with E-state index in [2.05, 4.69) is 0 Å². The lowest BCUT2D eigenvalue weighted by Gasteiger charge is -2.39. The zero-order valence-corrected chi connectivity index (χ0v) is 27.8. The maximum absolute atomic E-state index is 16.1. The van der Waals surface area contributed by atoms with E-state index in [1.807, 2.05) is 141 Å². The summed E-state index contributed by atoms with van der Waals surface area (Å²) in [6.07, 6.45) is 0. The van der Waals surface area contributed by atoms with Crippen molar-refractivity contribution in [3.8, 4) is 11.5 Å². The Morgan fingerprint density at radius 2 is 0.980 bits per heavy atom. The van der Waals surface area contributed by atoms with Gasteiger partial charge in [0.05, 0.1) is 42.6 Å². The molecule has 5 aromatic carbocycles. The normalized spacial score (nSPS) is 24.1. The number of hydrogen-bond donors (Lipinski definition) is 0. The lowest BCUT2D eigenvalue weighted by atomic mass is 9.59. The molecule has 2 fully saturated rings. The van der Waals surface area contributed by atoms with Crippen LogP contribution in [-0.4, -0.2) is 31.8 Å². The number of anilines is 1. The first-order chi connectivity index (χ1) is 23.8. The Labute approximate surface area is 285 Å². The Morgan fingerprint density at radius 3 is 1.37 bits per heavy atom. The molecule has 1 saturated heterocycles. The molecular formula is C43H35NO5. The summed E-state index contributed by atoms with van der Waals surface area (Å²) in [5, 5.41) is 0. The van der Waals surface area contributed by atoms with Crippen LogP contribution in [0.3, 0.4) is 0 Å². The monoisotopic (exact) mass is 645 g/mol. The van der Waals surface area contributed by atoms with Crippen molar-refractivity contribution in [1.82, 2.24) is 0 Å². The smallest absolute Gasteiger partial charge is 0.239 e. The summed E-state index contributed by atoms with van der Waals surface area (Å²) >= 11 is 0. The van der Waals surface area contributed by atoms with Crippen molar-refractivity contribution >= 4 is 34.4 Å². The standard InChI is InChI=1S/C43H35NO5/c1-26-15-24-34(27(2)25-26)44-39(45)37-38(40(44)46)43(31-13-9-6-10-14-31)36(29-18-22-33(49-4)23-19-29)35(28-16-20-32(48-3)21-17-28)42(37,41(43)47)30-11-7-5-8-12-30/h5-25,37-38H,1-4H3/t37-,38+,42+,43-. The van der Waals surface area contributed by atoms with Gasteiger partial charge in [0.25, 0.3) is 0 Å². The van der Waals surface area contributed by atoms with E-state index in [0.717, 1.165) is 33.4 Å². The lowest BCUT2D eigenvalue weighted by molar-refractivity contribution is -0.130. The predicted octanol–water partition coefficient (Wildman–Crippen LogP) is 7.51. The first-order valence-corrected chi connectivity index (χ1v) is 16.4. The third kappa shape index (κ3) is 3.97. The number of fused-ring (bicyclic) bond motifs is 5. The van der Waals surface area contributed by atoms with E-state index in [1.54, 1.807) is 14.2 Å². The summed E-state index contributed by atoms with van der Waals surface area (Å²) in [7, 11) is 3.23. The number of amides is 2. The van der Waals surface area contributed by atoms with Crippen LogP contribution in [0, 0.1) is 25.7 Å². The molecule has 2 amide bonds. The summed E-state index contributed by atoms with van der Waals surface area (Å²) in [6, 6.07) is 40.1. The van der Waals surface area contributed by atoms with Gasteiger partial charge in [-0.2, -0.15) is 0 Å². The van der Waals surface area contributed by atoms with Gasteiger partial charge in [-0.05, 0) is 83.1 Å². The predicted molar refractivity (Wildman–Crippen MR) is 189 cm³/mol. The van der Waals surface area contributed by atoms with Crippen LogP contribution in [-0.2, 0) is 25.2 Å². The number of carbonyl (C=O) groups excluding carboxylic acids is 3. The lowest BCUT2D eigenvalue weighted by Crippen LogP contribution is -2.45. The van der Waals surface area contributed by atoms with Crippen molar-refractivity contribution in [3.63, 3.8) is 0 Å². The van der Waals surface area contributed by atoms with E-state index in [1.165, 1.54) is 4.90 Å². The van der Waals surface area contributed by atoms with E-state index in [0.29, 0.717) is 28.3 Å². The first-order valence-electron chi connectivity index (χ1n) is 16.4. The quantitative estimate of drug-likeness (QED) is 0.171. The van der Waals surface area contributed by atoms with E-state index < -0.39 is 22.7 Å². The van der Waals surface area contributed by atoms with Crippen molar-refractivity contribution in [2.45, 2.75) is 24.7 Å². The van der Waals surface area contributed by atoms with Crippen LogP contribution in [0.25, 0.3) is 11.1 Å². The minimum atomic E-state index is -1.48. The minimum absolute atomic E-state index is 0.161. The second-order valence-corrected chi connectivity index (χ2v) is 13.1. The highest BCUT2D eigenvalue weighted by Gasteiger charge is 2.82. The second kappa shape index (κ2) is 11.2. The van der Waals surface area contributed by atoms with E-state index in [-0.39, 0.29) is 17.6 Å². The maximum Gasteiger partial charge on any atom is 0.239 e. The van der Waals surface area contributed by atoms with Crippen LogP contribution in [0.4, 0.5) is 5.69 Å². The van der Waals surface area contributed by atoms with Crippen molar-refractivity contribution in [2.24, 2.45) is 11.8 Å². The number of nitrogens with zero attached hydrogens (tertiary/aromatic N) is 1. The highest BCUT2D eigenvalue weighted by Crippen LogP contribution is 2.74. The molecule has 1 aliphatic heterocycles. The van der Waals surface area contributed by atoms with Gasteiger partial charge in [0.2, 0.25) is 11.8 Å². The van der Waals surface area contributed by atoms with Gasteiger partial charge in [-0.25, -0.2) is 4.90 Å². The summed E-state index contributed by atoms with van der Waals surface area (Å²) in [5.74, 6) is -1.53. The van der Waals surface area contributed by atoms with Gasteiger partial charge in [-0.15, -0.1) is 0 Å². The van der Waals surface area contributed by atoms with Crippen LogP contribution < -0.4 is 14.4 Å². The third-order valence-corrected chi connectivity index (χ3v) is 10.8. The summed E-state index contributed by atoms with van der Waals surface area (Å²) in [4.78, 5) is 47.9. The molecule has 0 radical (unpaired) electrons. The Bertz CT molecular complexity index is 2040. The second-order valence-electron chi connectivity index (χ2n) is 13.1. The summed E-state index contributed by atoms with van der Waals surface area (Å²) in [5.41, 5.74) is 3.83. The molecule has 242 valence electrons. The van der Waals surface area contributed by atoms with Gasteiger partial charge in [0.15, 0.2) is 5.78 Å². The number of hydrogen-bond acceptors (Lipinski definition) is 5. The van der Waals surface area contributed by atoms with Crippen molar-refractivity contribution in [3.05, 3.63) is 161 Å². The molecule has 1 heterocycles. The fourth-order valence-corrected chi connectivity index (χ4v) is 8.93. The van der Waals surface area contributed by atoms with E-state index >= 15 is 14.4 Å². The average molecular weight is 646 g/mol. The summed E-state index contributed by atoms with van der Waals surface area (Å²) < 4.78 is 11.1.